The maximum Gasteiger partial charge on any atom is 0.296 e. The number of anilines is 1. The number of aliphatic hydroxyl groups is 1. The Kier molecular flexibility index (Phi) is 5.16. The molecule has 2 aromatic carbocycles. The zero-order chi connectivity index (χ0) is 21.3. The Hall–Kier alpha value is -3.78. The number of phenols is 1. The van der Waals surface area contributed by atoms with Gasteiger partial charge in [0, 0.05) is 0 Å². The summed E-state index contributed by atoms with van der Waals surface area (Å²) in [6, 6.07) is 14.5. The van der Waals surface area contributed by atoms with Gasteiger partial charge in [-0.2, -0.15) is 0 Å². The molecule has 2 heterocycles. The van der Waals surface area contributed by atoms with Gasteiger partial charge in [-0.05, 0) is 36.3 Å². The maximum atomic E-state index is 13.0. The molecule has 1 aromatic heterocycles. The molecule has 0 saturated carbocycles. The number of allylic oxidation sites excluding steroid dienone is 1. The molecule has 1 atom stereocenters. The predicted molar refractivity (Wildman–Crippen MR) is 113 cm³/mol. The van der Waals surface area contributed by atoms with Gasteiger partial charge in [0.15, 0.2) is 11.5 Å². The van der Waals surface area contributed by atoms with E-state index in [1.54, 1.807) is 25.1 Å². The van der Waals surface area contributed by atoms with Gasteiger partial charge in [-0.15, -0.1) is 10.2 Å². The van der Waals surface area contributed by atoms with Gasteiger partial charge >= 0.3 is 0 Å². The number of nitrogens with zero attached hydrogens (tertiary/aromatic N) is 3. The first kappa shape index (κ1) is 19.5. The number of aromatic hydroxyl groups is 1. The van der Waals surface area contributed by atoms with Crippen molar-refractivity contribution >= 4 is 34.2 Å². The molecule has 1 aliphatic heterocycles. The fraction of sp³-hybridized carbons (Fsp3) is 0.0909. The van der Waals surface area contributed by atoms with Crippen molar-refractivity contribution in [3.63, 3.8) is 0 Å². The van der Waals surface area contributed by atoms with E-state index in [-0.39, 0.29) is 16.5 Å². The molecule has 0 bridgehead atoms. The van der Waals surface area contributed by atoms with Crippen LogP contribution in [0.5, 0.6) is 5.75 Å². The van der Waals surface area contributed by atoms with E-state index in [0.29, 0.717) is 10.6 Å². The molecule has 30 heavy (non-hydrogen) atoms. The Balaban J connectivity index is 1.79. The summed E-state index contributed by atoms with van der Waals surface area (Å²) < 4.78 is 0. The number of aryl methyl sites for hydroxylation is 1. The highest BCUT2D eigenvalue weighted by Gasteiger charge is 2.45. The van der Waals surface area contributed by atoms with Gasteiger partial charge in [0.05, 0.1) is 11.6 Å². The lowest BCUT2D eigenvalue weighted by molar-refractivity contribution is -0.117. The average molecular weight is 419 g/mol. The van der Waals surface area contributed by atoms with Crippen molar-refractivity contribution in [3.05, 3.63) is 88.1 Å². The highest BCUT2D eigenvalue weighted by molar-refractivity contribution is 7.15. The van der Waals surface area contributed by atoms with Crippen molar-refractivity contribution in [1.82, 2.24) is 10.2 Å². The summed E-state index contributed by atoms with van der Waals surface area (Å²) >= 11 is 1.17. The van der Waals surface area contributed by atoms with Crippen LogP contribution in [-0.4, -0.2) is 32.1 Å². The van der Waals surface area contributed by atoms with Crippen LogP contribution in [0.3, 0.4) is 0 Å². The Morgan fingerprint density at radius 1 is 1.10 bits per heavy atom. The van der Waals surface area contributed by atoms with Crippen LogP contribution < -0.4 is 4.90 Å². The first-order valence-corrected chi connectivity index (χ1v) is 9.90. The van der Waals surface area contributed by atoms with E-state index in [1.165, 1.54) is 34.4 Å². The third kappa shape index (κ3) is 3.60. The second kappa shape index (κ2) is 7.92. The highest BCUT2D eigenvalue weighted by atomic mass is 32.1. The Morgan fingerprint density at radius 3 is 2.53 bits per heavy atom. The average Bonchev–Trinajstić information content (AvgIpc) is 3.28. The van der Waals surface area contributed by atoms with E-state index in [4.69, 9.17) is 0 Å². The summed E-state index contributed by atoms with van der Waals surface area (Å²) in [4.78, 5) is 27.2. The third-order valence-electron chi connectivity index (χ3n) is 4.61. The van der Waals surface area contributed by atoms with E-state index >= 15 is 0 Å². The number of aromatic nitrogens is 2. The summed E-state index contributed by atoms with van der Waals surface area (Å²) in [6.45, 7) is 1.74. The highest BCUT2D eigenvalue weighted by Crippen LogP contribution is 2.42. The minimum Gasteiger partial charge on any atom is -0.508 e. The Morgan fingerprint density at radius 2 is 1.87 bits per heavy atom. The second-order valence-corrected chi connectivity index (χ2v) is 7.81. The number of aliphatic hydroxyl groups excluding tert-OH is 1. The normalized spacial score (nSPS) is 16.6. The van der Waals surface area contributed by atoms with Gasteiger partial charge in [-0.1, -0.05) is 59.9 Å². The van der Waals surface area contributed by atoms with Crippen molar-refractivity contribution in [2.24, 2.45) is 0 Å². The number of ketones is 1. The molecule has 3 aromatic rings. The number of rotatable bonds is 5. The van der Waals surface area contributed by atoms with Crippen LogP contribution in [0, 0.1) is 6.92 Å². The minimum atomic E-state index is -0.940. The molecule has 0 aliphatic carbocycles. The first-order valence-electron chi connectivity index (χ1n) is 9.09. The zero-order valence-electron chi connectivity index (χ0n) is 15.9. The Bertz CT molecular complexity index is 1180. The van der Waals surface area contributed by atoms with Crippen molar-refractivity contribution in [2.45, 2.75) is 13.0 Å². The van der Waals surface area contributed by atoms with Crippen LogP contribution in [0.25, 0.3) is 6.08 Å². The minimum absolute atomic E-state index is 0.0219. The van der Waals surface area contributed by atoms with Crippen molar-refractivity contribution < 1.29 is 19.8 Å². The lowest BCUT2D eigenvalue weighted by Crippen LogP contribution is -2.30. The molecule has 8 heteroatoms. The van der Waals surface area contributed by atoms with Gasteiger partial charge in [-0.25, -0.2) is 0 Å². The smallest absolute Gasteiger partial charge is 0.296 e. The van der Waals surface area contributed by atoms with Crippen LogP contribution >= 0.6 is 11.3 Å². The molecule has 2 N–H and O–H groups in total. The molecule has 150 valence electrons. The molecule has 0 fully saturated rings. The SMILES string of the molecule is Cc1nnc(N2C(=O)C(O)=C(C(=O)/C=C/c3ccccc3)C2c2cccc(O)c2)s1. The van der Waals surface area contributed by atoms with Crippen LogP contribution in [0.2, 0.25) is 0 Å². The molecule has 1 unspecified atom stereocenters. The van der Waals surface area contributed by atoms with Gasteiger partial charge in [-0.3, -0.25) is 14.5 Å². The molecule has 7 nitrogen and oxygen atoms in total. The summed E-state index contributed by atoms with van der Waals surface area (Å²) in [5.41, 5.74) is 1.20. The maximum absolute atomic E-state index is 13.0. The van der Waals surface area contributed by atoms with E-state index in [9.17, 15) is 19.8 Å². The fourth-order valence-electron chi connectivity index (χ4n) is 3.27. The lowest BCUT2D eigenvalue weighted by Gasteiger charge is -2.23. The predicted octanol–water partition coefficient (Wildman–Crippen LogP) is 3.73. The molecule has 0 spiro atoms. The van der Waals surface area contributed by atoms with Crippen molar-refractivity contribution in [2.75, 3.05) is 4.90 Å². The molecule has 4 rings (SSSR count). The molecule has 1 amide bonds. The van der Waals surface area contributed by atoms with Gasteiger partial charge in [0.1, 0.15) is 10.8 Å². The number of hydrogen-bond donors (Lipinski definition) is 2. The topological polar surface area (TPSA) is 104 Å². The molecule has 0 saturated heterocycles. The third-order valence-corrected chi connectivity index (χ3v) is 5.45. The number of phenolic OH excluding ortho intramolecular Hbond substituents is 1. The quantitative estimate of drug-likeness (QED) is 0.611. The van der Waals surface area contributed by atoms with Gasteiger partial charge < -0.3 is 10.2 Å². The number of amides is 1. The van der Waals surface area contributed by atoms with Gasteiger partial charge in [0.25, 0.3) is 5.91 Å². The van der Waals surface area contributed by atoms with Crippen molar-refractivity contribution in [1.29, 1.82) is 0 Å². The van der Waals surface area contributed by atoms with E-state index in [0.717, 1.165) is 5.56 Å². The van der Waals surface area contributed by atoms with Crippen LogP contribution in [0.1, 0.15) is 22.2 Å². The fourth-order valence-corrected chi connectivity index (χ4v) is 3.99. The molecule has 0 radical (unpaired) electrons. The van der Waals surface area contributed by atoms with Crippen LogP contribution in [0.4, 0.5) is 5.13 Å². The summed E-state index contributed by atoms with van der Waals surface area (Å²) in [7, 11) is 0. The standard InChI is InChI=1S/C22H17N3O4S/c1-13-23-24-22(30-13)25-19(15-8-5-9-16(26)12-15)18(20(28)21(25)29)17(27)11-10-14-6-3-2-4-7-14/h2-12,19,26,28H,1H3/b11-10+. The monoisotopic (exact) mass is 419 g/mol. The first-order chi connectivity index (χ1) is 14.5. The lowest BCUT2D eigenvalue weighted by atomic mass is 9.95. The molecule has 1 aliphatic rings. The van der Waals surface area contributed by atoms with E-state index < -0.39 is 23.5 Å². The van der Waals surface area contributed by atoms with Crippen molar-refractivity contribution in [3.8, 4) is 5.75 Å². The molecular weight excluding hydrogens is 402 g/mol. The van der Waals surface area contributed by atoms with Gasteiger partial charge in [0.2, 0.25) is 5.13 Å². The molecular formula is C22H17N3O4S. The number of hydrogen-bond acceptors (Lipinski definition) is 7. The zero-order valence-corrected chi connectivity index (χ0v) is 16.7. The van der Waals surface area contributed by atoms with E-state index in [2.05, 4.69) is 10.2 Å². The van der Waals surface area contributed by atoms with E-state index in [1.807, 2.05) is 30.3 Å². The summed E-state index contributed by atoms with van der Waals surface area (Å²) in [6.07, 6.45) is 2.93. The summed E-state index contributed by atoms with van der Waals surface area (Å²) in [5.74, 6) is -1.91. The van der Waals surface area contributed by atoms with Crippen LogP contribution in [0.15, 0.2) is 72.0 Å². The number of carbonyl (C=O) groups is 2. The second-order valence-electron chi connectivity index (χ2n) is 6.65. The summed E-state index contributed by atoms with van der Waals surface area (Å²) in [5, 5.41) is 29.4. The largest absolute Gasteiger partial charge is 0.508 e. The number of benzene rings is 2. The number of carbonyl (C=O) groups excluding carboxylic acids is 2. The van der Waals surface area contributed by atoms with Crippen LogP contribution in [-0.2, 0) is 9.59 Å². The Labute approximate surface area is 176 Å².